The first-order valence-corrected chi connectivity index (χ1v) is 7.11. The molecule has 0 aliphatic heterocycles. The van der Waals surface area contributed by atoms with Gasteiger partial charge in [0, 0.05) is 6.61 Å². The van der Waals surface area contributed by atoms with E-state index < -0.39 is 9.04 Å². The fourth-order valence-corrected chi connectivity index (χ4v) is 1.53. The maximum atomic E-state index is 5.52. The van der Waals surface area contributed by atoms with Crippen LogP contribution in [0.15, 0.2) is 0 Å². The van der Waals surface area contributed by atoms with Crippen LogP contribution in [0.3, 0.4) is 0 Å². The highest BCUT2D eigenvalue weighted by molar-refractivity contribution is 6.48. The molecule has 0 aromatic rings. The lowest BCUT2D eigenvalue weighted by atomic mass is 10.2. The highest BCUT2D eigenvalue weighted by Gasteiger charge is 1.95. The van der Waals surface area contributed by atoms with Gasteiger partial charge in [0.15, 0.2) is 0 Å². The molecule has 0 bridgehead atoms. The summed E-state index contributed by atoms with van der Waals surface area (Å²) in [5.41, 5.74) is 0. The van der Waals surface area contributed by atoms with Crippen molar-refractivity contribution in [1.29, 1.82) is 0 Å². The molecule has 0 aliphatic carbocycles. The van der Waals surface area contributed by atoms with E-state index in [4.69, 9.17) is 4.43 Å². The second kappa shape index (κ2) is 8.28. The van der Waals surface area contributed by atoms with Gasteiger partial charge in [-0.2, -0.15) is 0 Å². The van der Waals surface area contributed by atoms with Crippen LogP contribution in [0.4, 0.5) is 0 Å². The minimum absolute atomic E-state index is 0.427. The Morgan fingerprint density at radius 2 is 1.64 bits per heavy atom. The Morgan fingerprint density at radius 3 is 2.18 bits per heavy atom. The van der Waals surface area contributed by atoms with Crippen LogP contribution in [0.5, 0.6) is 0 Å². The van der Waals surface area contributed by atoms with Crippen LogP contribution in [0.1, 0.15) is 39.0 Å². The van der Waals surface area contributed by atoms with Crippen molar-refractivity contribution in [3.05, 3.63) is 0 Å². The van der Waals surface area contributed by atoms with Gasteiger partial charge in [-0.3, -0.25) is 0 Å². The van der Waals surface area contributed by atoms with Crippen molar-refractivity contribution in [3.63, 3.8) is 0 Å². The van der Waals surface area contributed by atoms with Gasteiger partial charge in [-0.25, -0.2) is 0 Å². The van der Waals surface area contributed by atoms with E-state index in [1.807, 2.05) is 0 Å². The summed E-state index contributed by atoms with van der Waals surface area (Å²) in [6.45, 7) is 7.62. The van der Waals surface area contributed by atoms with Crippen molar-refractivity contribution >= 4 is 9.04 Å². The molecule has 0 atom stereocenters. The van der Waals surface area contributed by atoms with Gasteiger partial charge < -0.3 is 4.43 Å². The molecule has 2 heteroatoms. The van der Waals surface area contributed by atoms with Gasteiger partial charge in [-0.15, -0.1) is 0 Å². The molecule has 0 spiro atoms. The van der Waals surface area contributed by atoms with Crippen molar-refractivity contribution in [2.45, 2.75) is 52.1 Å². The molecule has 0 fully saturated rings. The standard InChI is InChI=1S/C9H21OSi/c1-4-5-6-7-8-9-10-11(2)3/h4-9H2,1-3H3. The highest BCUT2D eigenvalue weighted by atomic mass is 28.3. The van der Waals surface area contributed by atoms with Crippen LogP contribution in [0, 0.1) is 0 Å². The van der Waals surface area contributed by atoms with Crippen molar-refractivity contribution in [2.75, 3.05) is 6.61 Å². The van der Waals surface area contributed by atoms with Crippen molar-refractivity contribution in [3.8, 4) is 0 Å². The Bertz CT molecular complexity index is 74.0. The van der Waals surface area contributed by atoms with Gasteiger partial charge in [0.05, 0.1) is 0 Å². The Kier molecular flexibility index (Phi) is 8.41. The zero-order chi connectivity index (χ0) is 8.53. The summed E-state index contributed by atoms with van der Waals surface area (Å²) >= 11 is 0. The van der Waals surface area contributed by atoms with E-state index in [1.165, 1.54) is 32.1 Å². The molecule has 0 aromatic carbocycles. The zero-order valence-electron chi connectivity index (χ0n) is 8.15. The molecule has 1 nitrogen and oxygen atoms in total. The minimum atomic E-state index is -0.427. The summed E-state index contributed by atoms with van der Waals surface area (Å²) in [6.07, 6.45) is 6.71. The molecule has 0 aromatic heterocycles. The summed E-state index contributed by atoms with van der Waals surface area (Å²) in [4.78, 5) is 0. The first-order valence-electron chi connectivity index (χ1n) is 4.70. The monoisotopic (exact) mass is 173 g/mol. The molecule has 0 N–H and O–H groups in total. The fourth-order valence-electron chi connectivity index (χ4n) is 0.982. The maximum Gasteiger partial charge on any atom is 0.204 e. The van der Waals surface area contributed by atoms with E-state index in [1.54, 1.807) is 0 Å². The van der Waals surface area contributed by atoms with Gasteiger partial charge in [0.1, 0.15) is 0 Å². The SMILES string of the molecule is CCCCCCCO[Si](C)C. The Labute approximate surface area is 72.9 Å². The Hall–Kier alpha value is 0.177. The van der Waals surface area contributed by atoms with E-state index in [-0.39, 0.29) is 0 Å². The third kappa shape index (κ3) is 10.2. The summed E-state index contributed by atoms with van der Waals surface area (Å²) in [5, 5.41) is 0. The molecular weight excluding hydrogens is 152 g/mol. The second-order valence-electron chi connectivity index (χ2n) is 3.17. The molecule has 0 heterocycles. The quantitative estimate of drug-likeness (QED) is 0.424. The minimum Gasteiger partial charge on any atom is -0.417 e. The Morgan fingerprint density at radius 1 is 1.00 bits per heavy atom. The van der Waals surface area contributed by atoms with E-state index in [9.17, 15) is 0 Å². The number of hydrogen-bond donors (Lipinski definition) is 0. The molecule has 0 aliphatic rings. The molecule has 67 valence electrons. The van der Waals surface area contributed by atoms with E-state index in [0.29, 0.717) is 0 Å². The van der Waals surface area contributed by atoms with E-state index in [2.05, 4.69) is 20.0 Å². The largest absolute Gasteiger partial charge is 0.417 e. The predicted octanol–water partition coefficient (Wildman–Crippen LogP) is 3.22. The molecule has 0 saturated heterocycles. The van der Waals surface area contributed by atoms with Crippen LogP contribution in [0.2, 0.25) is 13.1 Å². The van der Waals surface area contributed by atoms with Crippen LogP contribution in [0.25, 0.3) is 0 Å². The van der Waals surface area contributed by atoms with Gasteiger partial charge >= 0.3 is 0 Å². The first-order chi connectivity index (χ1) is 5.27. The summed E-state index contributed by atoms with van der Waals surface area (Å²) in [7, 11) is -0.427. The molecule has 11 heavy (non-hydrogen) atoms. The molecule has 0 saturated carbocycles. The summed E-state index contributed by atoms with van der Waals surface area (Å²) in [5.74, 6) is 0. The molecule has 0 unspecified atom stereocenters. The molecular formula is C9H21OSi. The normalized spacial score (nSPS) is 10.9. The van der Waals surface area contributed by atoms with E-state index >= 15 is 0 Å². The summed E-state index contributed by atoms with van der Waals surface area (Å²) < 4.78 is 5.52. The van der Waals surface area contributed by atoms with Crippen LogP contribution < -0.4 is 0 Å². The van der Waals surface area contributed by atoms with Crippen molar-refractivity contribution in [1.82, 2.24) is 0 Å². The van der Waals surface area contributed by atoms with Gasteiger partial charge in [0.25, 0.3) is 0 Å². The first kappa shape index (κ1) is 11.2. The molecule has 0 rings (SSSR count). The lowest BCUT2D eigenvalue weighted by molar-refractivity contribution is 0.312. The van der Waals surface area contributed by atoms with Gasteiger partial charge in [0.2, 0.25) is 9.04 Å². The van der Waals surface area contributed by atoms with Crippen LogP contribution in [-0.2, 0) is 4.43 Å². The van der Waals surface area contributed by atoms with Crippen molar-refractivity contribution in [2.24, 2.45) is 0 Å². The predicted molar refractivity (Wildman–Crippen MR) is 52.2 cm³/mol. The van der Waals surface area contributed by atoms with Crippen molar-refractivity contribution < 1.29 is 4.43 Å². The third-order valence-corrected chi connectivity index (χ3v) is 2.42. The zero-order valence-corrected chi connectivity index (χ0v) is 9.15. The third-order valence-electron chi connectivity index (χ3n) is 1.64. The molecule has 0 amide bonds. The topological polar surface area (TPSA) is 9.23 Å². The second-order valence-corrected chi connectivity index (χ2v) is 5.28. The lowest BCUT2D eigenvalue weighted by Crippen LogP contribution is -2.08. The number of rotatable bonds is 7. The Balaban J connectivity index is 2.80. The highest BCUT2D eigenvalue weighted by Crippen LogP contribution is 2.02. The van der Waals surface area contributed by atoms with Crippen LogP contribution in [-0.4, -0.2) is 15.6 Å². The van der Waals surface area contributed by atoms with Gasteiger partial charge in [-0.1, -0.05) is 32.6 Å². The average molecular weight is 173 g/mol. The summed E-state index contributed by atoms with van der Waals surface area (Å²) in [6, 6.07) is 0. The fraction of sp³-hybridized carbons (Fsp3) is 1.00. The van der Waals surface area contributed by atoms with Gasteiger partial charge in [-0.05, 0) is 19.5 Å². The maximum absolute atomic E-state index is 5.52. The number of unbranched alkanes of at least 4 members (excludes halogenated alkanes) is 4. The van der Waals surface area contributed by atoms with E-state index in [0.717, 1.165) is 6.61 Å². The number of hydrogen-bond acceptors (Lipinski definition) is 1. The van der Waals surface area contributed by atoms with Crippen LogP contribution >= 0.6 is 0 Å². The lowest BCUT2D eigenvalue weighted by Gasteiger charge is -2.04. The average Bonchev–Trinajstić information content (AvgIpc) is 1.96. The smallest absolute Gasteiger partial charge is 0.204 e. The molecule has 1 radical (unpaired) electrons.